The lowest BCUT2D eigenvalue weighted by Gasteiger charge is -2.25. The van der Waals surface area contributed by atoms with Crippen molar-refractivity contribution < 1.29 is 19.8 Å². The lowest BCUT2D eigenvalue weighted by molar-refractivity contribution is -0.144. The summed E-state index contributed by atoms with van der Waals surface area (Å²) in [6, 6.07) is 3.59. The van der Waals surface area contributed by atoms with Gasteiger partial charge in [-0.25, -0.2) is 4.79 Å². The van der Waals surface area contributed by atoms with Crippen LogP contribution in [0.2, 0.25) is 0 Å². The molecule has 1 heterocycles. The molecule has 108 valence electrons. The molecule has 1 aliphatic carbocycles. The molecule has 0 spiro atoms. The minimum atomic E-state index is -1.23. The SMILES string of the molecule is Cl.O=C(O)C1=CCC(NCc2cccnc2)(C(=O)O)C1. The quantitative estimate of drug-likeness (QED) is 0.756. The zero-order valence-electron chi connectivity index (χ0n) is 10.6. The number of carboxylic acids is 2. The first kappa shape index (κ1) is 16.1. The highest BCUT2D eigenvalue weighted by molar-refractivity contribution is 5.91. The Morgan fingerprint density at radius 2 is 2.15 bits per heavy atom. The number of hydrogen-bond donors (Lipinski definition) is 3. The number of halogens is 1. The average molecular weight is 299 g/mol. The lowest BCUT2D eigenvalue weighted by atomic mass is 9.94. The third-order valence-corrected chi connectivity index (χ3v) is 3.23. The van der Waals surface area contributed by atoms with Crippen LogP contribution < -0.4 is 5.32 Å². The van der Waals surface area contributed by atoms with Crippen LogP contribution in [-0.2, 0) is 16.1 Å². The summed E-state index contributed by atoms with van der Waals surface area (Å²) in [5.41, 5.74) is -0.239. The van der Waals surface area contributed by atoms with Gasteiger partial charge in [0.25, 0.3) is 0 Å². The minimum Gasteiger partial charge on any atom is -0.480 e. The molecule has 7 heteroatoms. The summed E-state index contributed by atoms with van der Waals surface area (Å²) in [7, 11) is 0. The molecule has 6 nitrogen and oxygen atoms in total. The maximum absolute atomic E-state index is 11.4. The van der Waals surface area contributed by atoms with Gasteiger partial charge in [-0.2, -0.15) is 0 Å². The molecule has 1 aromatic rings. The van der Waals surface area contributed by atoms with Crippen LogP contribution in [0.5, 0.6) is 0 Å². The summed E-state index contributed by atoms with van der Waals surface area (Å²) in [5, 5.41) is 21.2. The highest BCUT2D eigenvalue weighted by Gasteiger charge is 2.43. The van der Waals surface area contributed by atoms with E-state index in [4.69, 9.17) is 5.11 Å². The molecule has 0 bridgehead atoms. The Morgan fingerprint density at radius 3 is 2.65 bits per heavy atom. The zero-order valence-corrected chi connectivity index (χ0v) is 11.4. The number of hydrogen-bond acceptors (Lipinski definition) is 4. The second-order valence-electron chi connectivity index (χ2n) is 4.52. The highest BCUT2D eigenvalue weighted by Crippen LogP contribution is 2.30. The Hall–Kier alpha value is -1.92. The molecule has 1 atom stereocenters. The van der Waals surface area contributed by atoms with Gasteiger partial charge < -0.3 is 10.2 Å². The maximum Gasteiger partial charge on any atom is 0.331 e. The second-order valence-corrected chi connectivity index (χ2v) is 4.52. The van der Waals surface area contributed by atoms with Gasteiger partial charge in [0.05, 0.1) is 0 Å². The molecular formula is C13H15ClN2O4. The van der Waals surface area contributed by atoms with Crippen LogP contribution in [0, 0.1) is 0 Å². The van der Waals surface area contributed by atoms with Crippen LogP contribution in [0.1, 0.15) is 18.4 Å². The van der Waals surface area contributed by atoms with Crippen molar-refractivity contribution in [3.05, 3.63) is 41.7 Å². The summed E-state index contributed by atoms with van der Waals surface area (Å²) < 4.78 is 0. The molecule has 0 amide bonds. The van der Waals surface area contributed by atoms with Gasteiger partial charge in [-0.05, 0) is 18.1 Å². The van der Waals surface area contributed by atoms with Gasteiger partial charge in [0, 0.05) is 30.9 Å². The molecule has 1 aromatic heterocycles. The summed E-state index contributed by atoms with van der Waals surface area (Å²) in [4.78, 5) is 26.2. The molecule has 0 fully saturated rings. The van der Waals surface area contributed by atoms with E-state index >= 15 is 0 Å². The Bertz CT molecular complexity index is 532. The molecule has 0 saturated heterocycles. The molecule has 3 N–H and O–H groups in total. The topological polar surface area (TPSA) is 99.5 Å². The van der Waals surface area contributed by atoms with Crippen LogP contribution >= 0.6 is 12.4 Å². The van der Waals surface area contributed by atoms with E-state index in [1.54, 1.807) is 18.5 Å². The minimum absolute atomic E-state index is 0. The maximum atomic E-state index is 11.4. The molecule has 1 aliphatic rings. The number of aliphatic carboxylic acids is 2. The Morgan fingerprint density at radius 1 is 1.40 bits per heavy atom. The van der Waals surface area contributed by atoms with Crippen LogP contribution in [0.25, 0.3) is 0 Å². The van der Waals surface area contributed by atoms with Gasteiger partial charge in [0.15, 0.2) is 0 Å². The molecule has 1 unspecified atom stereocenters. The van der Waals surface area contributed by atoms with E-state index in [2.05, 4.69) is 10.3 Å². The molecular weight excluding hydrogens is 284 g/mol. The predicted molar refractivity (Wildman–Crippen MR) is 73.6 cm³/mol. The third kappa shape index (κ3) is 3.34. The van der Waals surface area contributed by atoms with E-state index < -0.39 is 17.5 Å². The predicted octanol–water partition coefficient (Wildman–Crippen LogP) is 1.22. The van der Waals surface area contributed by atoms with Crippen LogP contribution in [-0.4, -0.2) is 32.7 Å². The van der Waals surface area contributed by atoms with Crippen molar-refractivity contribution in [3.63, 3.8) is 0 Å². The van der Waals surface area contributed by atoms with Crippen molar-refractivity contribution in [3.8, 4) is 0 Å². The summed E-state index contributed by atoms with van der Waals surface area (Å²) in [5.74, 6) is -2.10. The van der Waals surface area contributed by atoms with E-state index in [0.717, 1.165) is 5.56 Å². The smallest absolute Gasteiger partial charge is 0.331 e. The summed E-state index contributed by atoms with van der Waals surface area (Å²) in [6.07, 6.45) is 4.90. The Kier molecular flexibility index (Phi) is 5.24. The van der Waals surface area contributed by atoms with Crippen LogP contribution in [0.4, 0.5) is 0 Å². The monoisotopic (exact) mass is 298 g/mol. The van der Waals surface area contributed by atoms with Crippen molar-refractivity contribution in [2.45, 2.75) is 24.9 Å². The molecule has 0 aliphatic heterocycles. The second kappa shape index (κ2) is 6.49. The Balaban J connectivity index is 0.00000200. The van der Waals surface area contributed by atoms with E-state index in [1.807, 2.05) is 6.07 Å². The first-order valence-corrected chi connectivity index (χ1v) is 5.83. The zero-order chi connectivity index (χ0) is 13.9. The largest absolute Gasteiger partial charge is 0.480 e. The van der Waals surface area contributed by atoms with Crippen molar-refractivity contribution in [1.29, 1.82) is 0 Å². The number of rotatable bonds is 5. The van der Waals surface area contributed by atoms with Crippen molar-refractivity contribution in [1.82, 2.24) is 10.3 Å². The molecule has 0 radical (unpaired) electrons. The molecule has 0 aromatic carbocycles. The van der Waals surface area contributed by atoms with Gasteiger partial charge in [-0.15, -0.1) is 12.4 Å². The van der Waals surface area contributed by atoms with Gasteiger partial charge in [-0.1, -0.05) is 12.1 Å². The fourth-order valence-corrected chi connectivity index (χ4v) is 2.08. The Labute approximate surface area is 121 Å². The van der Waals surface area contributed by atoms with Crippen LogP contribution in [0.15, 0.2) is 36.2 Å². The number of carboxylic acid groups (broad SMARTS) is 2. The fourth-order valence-electron chi connectivity index (χ4n) is 2.08. The summed E-state index contributed by atoms with van der Waals surface area (Å²) >= 11 is 0. The first-order chi connectivity index (χ1) is 9.03. The van der Waals surface area contributed by atoms with Gasteiger partial charge in [0.2, 0.25) is 0 Å². The summed E-state index contributed by atoms with van der Waals surface area (Å²) in [6.45, 7) is 0.334. The molecule has 0 saturated carbocycles. The number of carbonyl (C=O) groups is 2. The number of nitrogens with zero attached hydrogens (tertiary/aromatic N) is 1. The normalized spacial score (nSPS) is 20.9. The highest BCUT2D eigenvalue weighted by atomic mass is 35.5. The van der Waals surface area contributed by atoms with Crippen molar-refractivity contribution in [2.75, 3.05) is 0 Å². The number of pyridine rings is 1. The number of aromatic nitrogens is 1. The third-order valence-electron chi connectivity index (χ3n) is 3.23. The van der Waals surface area contributed by atoms with E-state index in [-0.39, 0.29) is 30.8 Å². The van der Waals surface area contributed by atoms with Gasteiger partial charge in [0.1, 0.15) is 5.54 Å². The standard InChI is InChI=1S/C13H14N2O4.ClH/c16-11(17)10-3-4-13(6-10,12(18)19)15-8-9-2-1-5-14-7-9;/h1-3,5,7,15H,4,6,8H2,(H,16,17)(H,18,19);1H. The number of nitrogens with one attached hydrogen (secondary N) is 1. The van der Waals surface area contributed by atoms with Gasteiger partial charge in [-0.3, -0.25) is 15.1 Å². The first-order valence-electron chi connectivity index (χ1n) is 5.83. The van der Waals surface area contributed by atoms with E-state index in [9.17, 15) is 14.7 Å². The molecule has 2 rings (SSSR count). The van der Waals surface area contributed by atoms with Crippen molar-refractivity contribution >= 4 is 24.3 Å². The lowest BCUT2D eigenvalue weighted by Crippen LogP contribution is -2.50. The van der Waals surface area contributed by atoms with Crippen molar-refractivity contribution in [2.24, 2.45) is 0 Å². The van der Waals surface area contributed by atoms with Crippen LogP contribution in [0.3, 0.4) is 0 Å². The van der Waals surface area contributed by atoms with Gasteiger partial charge >= 0.3 is 11.9 Å². The average Bonchev–Trinajstić information content (AvgIpc) is 2.84. The van der Waals surface area contributed by atoms with E-state index in [0.29, 0.717) is 6.54 Å². The molecule has 20 heavy (non-hydrogen) atoms. The fraction of sp³-hybridized carbons (Fsp3) is 0.308. The van der Waals surface area contributed by atoms with E-state index in [1.165, 1.54) is 6.08 Å².